The second-order valence-electron chi connectivity index (χ2n) is 39.3. The van der Waals surface area contributed by atoms with Gasteiger partial charge in [-0.25, -0.2) is 0 Å². The third kappa shape index (κ3) is 38.2. The lowest BCUT2D eigenvalue weighted by molar-refractivity contribution is 0.208. The maximum absolute atomic E-state index is 5.99. The van der Waals surface area contributed by atoms with Crippen LogP contribution >= 0.6 is 0 Å². The largest absolute Gasteiger partial charge is 0.493 e. The molecule has 3 saturated carbocycles. The molecule has 15 aromatic rings. The SMILES string of the molecule is CC(C)c1ccc(Oc2cccc(OCC3CCCC3)c2)cc1.CC(C)c1ccc(Oc2cccc(OCC3CCCCC3)c2)cc1.CC(C)c1ccc(Oc2cccc(OCCC3CCCCC3)c2)cc1.CC(C)c1ccc(Oc2cccc(OCc3ccccc3)c2)cc1.CC(C)c1ccc(Oc2cccc(OCc3ccccn3)c2)cc1.CC(C)c1ccc(Oc2cccc(OCc3cccnc3)c2)cc1. The highest BCUT2D eigenvalue weighted by molar-refractivity contribution is 5.46. The van der Waals surface area contributed by atoms with E-state index in [1.54, 1.807) is 18.6 Å². The van der Waals surface area contributed by atoms with Crippen molar-refractivity contribution >= 4 is 0 Å². The van der Waals surface area contributed by atoms with Crippen LogP contribution in [-0.4, -0.2) is 29.8 Å². The summed E-state index contributed by atoms with van der Waals surface area (Å²) in [6.45, 7) is 30.2. The fourth-order valence-corrected chi connectivity index (χ4v) is 16.9. The fraction of sp³-hybridized carbons (Fsp3) is 0.323. The number of benzene rings is 13. The molecular formula is C130H148N2O12. The van der Waals surface area contributed by atoms with Crippen LogP contribution in [0.15, 0.2) is 370 Å². The number of ether oxygens (including phenoxy) is 12. The first-order valence-electron chi connectivity index (χ1n) is 52.1. The lowest BCUT2D eigenvalue weighted by Crippen LogP contribution is -2.15. The molecule has 18 rings (SSSR count). The van der Waals surface area contributed by atoms with Crippen molar-refractivity contribution in [2.75, 3.05) is 19.8 Å². The van der Waals surface area contributed by atoms with Gasteiger partial charge in [-0.05, 0) is 288 Å². The smallest absolute Gasteiger partial charge is 0.131 e. The van der Waals surface area contributed by atoms with Crippen molar-refractivity contribution < 1.29 is 56.8 Å². The summed E-state index contributed by atoms with van der Waals surface area (Å²) >= 11 is 0. The van der Waals surface area contributed by atoms with E-state index in [0.29, 0.717) is 61.2 Å². The molecule has 2 aromatic heterocycles. The Balaban J connectivity index is 0.000000145. The number of rotatable bonds is 37. The molecule has 0 spiro atoms. The van der Waals surface area contributed by atoms with E-state index in [4.69, 9.17) is 56.8 Å². The fourth-order valence-electron chi connectivity index (χ4n) is 16.9. The summed E-state index contributed by atoms with van der Waals surface area (Å²) in [7, 11) is 0. The van der Waals surface area contributed by atoms with Gasteiger partial charge in [0, 0.05) is 60.6 Å². The van der Waals surface area contributed by atoms with E-state index in [-0.39, 0.29) is 0 Å². The molecule has 0 radical (unpaired) electrons. The van der Waals surface area contributed by atoms with Gasteiger partial charge in [0.15, 0.2) is 0 Å². The first kappa shape index (κ1) is 107. The van der Waals surface area contributed by atoms with Gasteiger partial charge in [-0.15, -0.1) is 0 Å². The van der Waals surface area contributed by atoms with E-state index in [1.165, 1.54) is 130 Å². The topological polar surface area (TPSA) is 137 Å². The molecule has 3 aliphatic carbocycles. The van der Waals surface area contributed by atoms with Crippen molar-refractivity contribution in [1.82, 2.24) is 9.97 Å². The maximum atomic E-state index is 5.99. The van der Waals surface area contributed by atoms with Crippen molar-refractivity contribution in [3.05, 3.63) is 421 Å². The van der Waals surface area contributed by atoms with Crippen LogP contribution in [-0.2, 0) is 19.8 Å². The third-order valence-corrected chi connectivity index (χ3v) is 25.7. The molecule has 13 aromatic carbocycles. The first-order chi connectivity index (χ1) is 70.2. The molecule has 144 heavy (non-hydrogen) atoms. The first-order valence-corrected chi connectivity index (χ1v) is 52.1. The van der Waals surface area contributed by atoms with Crippen molar-refractivity contribution in [3.8, 4) is 103 Å². The highest BCUT2D eigenvalue weighted by atomic mass is 16.5. The van der Waals surface area contributed by atoms with Crippen LogP contribution < -0.4 is 56.8 Å². The molecule has 0 unspecified atom stereocenters. The zero-order valence-corrected chi connectivity index (χ0v) is 86.6. The van der Waals surface area contributed by atoms with E-state index in [0.717, 1.165) is 152 Å². The average Bonchev–Trinajstić information content (AvgIpc) is 0.908. The molecule has 3 aliphatic rings. The van der Waals surface area contributed by atoms with Crippen molar-refractivity contribution in [1.29, 1.82) is 0 Å². The Hall–Kier alpha value is -14.2. The summed E-state index contributed by atoms with van der Waals surface area (Å²) in [6.07, 6.45) is 25.4. The van der Waals surface area contributed by atoms with Gasteiger partial charge in [-0.2, -0.15) is 0 Å². The van der Waals surface area contributed by atoms with Crippen LogP contribution in [0, 0.1) is 17.8 Å². The number of aromatic nitrogens is 2. The molecule has 2 heterocycles. The van der Waals surface area contributed by atoms with Gasteiger partial charge >= 0.3 is 0 Å². The Morgan fingerprint density at radius 2 is 0.479 bits per heavy atom. The zero-order chi connectivity index (χ0) is 101. The summed E-state index contributed by atoms with van der Waals surface area (Å²) in [5, 5.41) is 0. The minimum atomic E-state index is 0.438. The average molecular weight is 1930 g/mol. The molecule has 3 fully saturated rings. The van der Waals surface area contributed by atoms with Gasteiger partial charge in [-0.3, -0.25) is 9.97 Å². The molecule has 0 N–H and O–H groups in total. The van der Waals surface area contributed by atoms with E-state index in [9.17, 15) is 0 Å². The summed E-state index contributed by atoms with van der Waals surface area (Å²) in [5.74, 6) is 20.3. The van der Waals surface area contributed by atoms with Crippen LogP contribution in [0.4, 0.5) is 0 Å². The predicted molar refractivity (Wildman–Crippen MR) is 586 cm³/mol. The van der Waals surface area contributed by atoms with Gasteiger partial charge < -0.3 is 56.8 Å². The van der Waals surface area contributed by atoms with Crippen molar-refractivity contribution in [2.24, 2.45) is 17.8 Å². The Morgan fingerprint density at radius 1 is 0.215 bits per heavy atom. The molecule has 0 amide bonds. The lowest BCUT2D eigenvalue weighted by Gasteiger charge is -2.21. The molecule has 0 bridgehead atoms. The van der Waals surface area contributed by atoms with E-state index in [2.05, 4.69) is 178 Å². The monoisotopic (exact) mass is 1930 g/mol. The Labute approximate surface area is 857 Å². The number of pyridine rings is 2. The molecule has 0 aliphatic heterocycles. The van der Waals surface area contributed by atoms with Crippen molar-refractivity contribution in [2.45, 2.75) is 235 Å². The third-order valence-electron chi connectivity index (χ3n) is 25.7. The van der Waals surface area contributed by atoms with Crippen LogP contribution in [0.2, 0.25) is 0 Å². The number of nitrogens with zero attached hydrogens (tertiary/aromatic N) is 2. The van der Waals surface area contributed by atoms with Crippen molar-refractivity contribution in [3.63, 3.8) is 0 Å². The normalized spacial score (nSPS) is 13.0. The molecule has 14 heteroatoms. The van der Waals surface area contributed by atoms with Gasteiger partial charge in [0.05, 0.1) is 25.5 Å². The van der Waals surface area contributed by atoms with Gasteiger partial charge in [0.2, 0.25) is 0 Å². The van der Waals surface area contributed by atoms with Crippen LogP contribution in [0.1, 0.15) is 265 Å². The summed E-state index contributed by atoms with van der Waals surface area (Å²) in [5.41, 5.74) is 11.0. The summed E-state index contributed by atoms with van der Waals surface area (Å²) in [6, 6.07) is 116. The predicted octanol–water partition coefficient (Wildman–Crippen LogP) is 37.0. The van der Waals surface area contributed by atoms with Gasteiger partial charge in [0.1, 0.15) is 123 Å². The molecule has 0 saturated heterocycles. The minimum absolute atomic E-state index is 0.438. The van der Waals surface area contributed by atoms with Gasteiger partial charge in [0.25, 0.3) is 0 Å². The summed E-state index contributed by atoms with van der Waals surface area (Å²) < 4.78 is 70.9. The molecule has 750 valence electrons. The molecule has 0 atom stereocenters. The number of hydrogen-bond donors (Lipinski definition) is 0. The van der Waals surface area contributed by atoms with Crippen LogP contribution in [0.3, 0.4) is 0 Å². The molecule has 14 nitrogen and oxygen atoms in total. The minimum Gasteiger partial charge on any atom is -0.493 e. The van der Waals surface area contributed by atoms with E-state index < -0.39 is 0 Å². The Kier molecular flexibility index (Phi) is 43.4. The second kappa shape index (κ2) is 58.4. The highest BCUT2D eigenvalue weighted by Crippen LogP contribution is 2.38. The number of hydrogen-bond acceptors (Lipinski definition) is 14. The quantitative estimate of drug-likeness (QED) is 0.0365. The standard InChI is InChI=1S/C23H30O2.C22H28O2.C22H22O2.2C21H21NO2.C21H26O2/c1-18(2)20-11-13-21(14-12-20)25-23-10-6-9-22(17-23)24-16-15-19-7-4-3-5-8-19;2*1-17(2)19-11-13-20(14-12-19)24-22-10-6-9-21(15-22)23-16-18-7-4-3-5-8-18;1-16(2)18-8-10-19(11-9-18)24-21-7-3-6-20(13-21)23-15-17-5-4-12-22-14-17;1-16(2)17-9-11-19(12-10-17)24-21-8-5-7-20(14-21)23-15-18-6-3-4-13-22-18;1-16(2)18-10-12-19(13-11-18)23-21-9-5-8-20(14-21)22-15-17-6-3-4-7-17/h6,9-14,17-19H,3-5,7-8,15-16H2,1-2H3;6,9-15,17-18H,3-5,7-8,16H2,1-2H3;3-15,17H,16H2,1-2H3;2*3-14,16H,15H2,1-2H3;5,8-14,16-17H,3-4,6-7,15H2,1-2H3. The summed E-state index contributed by atoms with van der Waals surface area (Å²) in [4.78, 5) is 8.34. The lowest BCUT2D eigenvalue weighted by atomic mass is 9.87. The highest BCUT2D eigenvalue weighted by Gasteiger charge is 2.20. The van der Waals surface area contributed by atoms with Gasteiger partial charge in [-0.1, -0.05) is 299 Å². The van der Waals surface area contributed by atoms with E-state index in [1.807, 2.05) is 267 Å². The maximum Gasteiger partial charge on any atom is 0.131 e. The van der Waals surface area contributed by atoms with E-state index >= 15 is 0 Å². The molecular weight excluding hydrogens is 1780 g/mol. The zero-order valence-electron chi connectivity index (χ0n) is 86.6. The second-order valence-corrected chi connectivity index (χ2v) is 39.3. The van der Waals surface area contributed by atoms with Crippen LogP contribution in [0.5, 0.6) is 103 Å². The Bertz CT molecular complexity index is 5800. The van der Waals surface area contributed by atoms with Crippen LogP contribution in [0.25, 0.3) is 0 Å². The Morgan fingerprint density at radius 3 is 0.771 bits per heavy atom.